The molecule has 0 saturated heterocycles. The summed E-state index contributed by atoms with van der Waals surface area (Å²) in [4.78, 5) is 22.7. The highest BCUT2D eigenvalue weighted by molar-refractivity contribution is 5.95. The second kappa shape index (κ2) is 7.05. The highest BCUT2D eigenvalue weighted by Crippen LogP contribution is 2.22. The molecule has 0 fully saturated rings. The third-order valence-corrected chi connectivity index (χ3v) is 3.83. The van der Waals surface area contributed by atoms with E-state index in [0.717, 1.165) is 17.5 Å². The third-order valence-electron chi connectivity index (χ3n) is 3.83. The van der Waals surface area contributed by atoms with E-state index >= 15 is 0 Å². The van der Waals surface area contributed by atoms with Crippen molar-refractivity contribution in [2.45, 2.75) is 33.2 Å². The number of nitro benzene ring substituents is 1. The van der Waals surface area contributed by atoms with Gasteiger partial charge in [-0.15, -0.1) is 0 Å². The molecule has 23 heavy (non-hydrogen) atoms. The van der Waals surface area contributed by atoms with E-state index in [9.17, 15) is 14.9 Å². The van der Waals surface area contributed by atoms with Crippen molar-refractivity contribution >= 4 is 11.6 Å². The van der Waals surface area contributed by atoms with Crippen LogP contribution in [0, 0.1) is 24.0 Å². The van der Waals surface area contributed by atoms with Crippen LogP contribution in [-0.4, -0.2) is 10.8 Å². The Balaban J connectivity index is 2.23. The SMILES string of the molecule is CCC(NC(=O)c1cccc([N+](=O)[O-])c1)c1ccc(C)cc1C. The molecule has 0 aromatic heterocycles. The number of amides is 1. The molecule has 0 radical (unpaired) electrons. The van der Waals surface area contributed by atoms with Gasteiger partial charge in [-0.05, 0) is 37.5 Å². The summed E-state index contributed by atoms with van der Waals surface area (Å²) < 4.78 is 0. The summed E-state index contributed by atoms with van der Waals surface area (Å²) in [7, 11) is 0. The van der Waals surface area contributed by atoms with Gasteiger partial charge in [-0.3, -0.25) is 14.9 Å². The van der Waals surface area contributed by atoms with Gasteiger partial charge in [-0.2, -0.15) is 0 Å². The van der Waals surface area contributed by atoms with Crippen molar-refractivity contribution in [2.75, 3.05) is 0 Å². The van der Waals surface area contributed by atoms with Crippen molar-refractivity contribution in [3.8, 4) is 0 Å². The van der Waals surface area contributed by atoms with Gasteiger partial charge in [-0.1, -0.05) is 36.8 Å². The molecule has 5 heteroatoms. The number of nitrogens with zero attached hydrogens (tertiary/aromatic N) is 1. The normalized spacial score (nSPS) is 11.8. The lowest BCUT2D eigenvalue weighted by atomic mass is 9.97. The molecule has 5 nitrogen and oxygen atoms in total. The van der Waals surface area contributed by atoms with E-state index in [-0.39, 0.29) is 17.6 Å². The van der Waals surface area contributed by atoms with Gasteiger partial charge in [0.2, 0.25) is 0 Å². The van der Waals surface area contributed by atoms with Crippen LogP contribution in [0.3, 0.4) is 0 Å². The number of carbonyl (C=O) groups excluding carboxylic acids is 1. The zero-order chi connectivity index (χ0) is 17.0. The van der Waals surface area contributed by atoms with Crippen LogP contribution < -0.4 is 5.32 Å². The molecule has 1 amide bonds. The largest absolute Gasteiger partial charge is 0.345 e. The lowest BCUT2D eigenvalue weighted by Gasteiger charge is -2.20. The number of rotatable bonds is 5. The highest BCUT2D eigenvalue weighted by Gasteiger charge is 2.17. The Morgan fingerprint density at radius 1 is 1.22 bits per heavy atom. The van der Waals surface area contributed by atoms with Gasteiger partial charge in [0.15, 0.2) is 0 Å². The molecule has 0 aliphatic heterocycles. The van der Waals surface area contributed by atoms with Crippen molar-refractivity contribution in [2.24, 2.45) is 0 Å². The zero-order valence-corrected chi connectivity index (χ0v) is 13.5. The van der Waals surface area contributed by atoms with Crippen LogP contribution in [0.2, 0.25) is 0 Å². The molecule has 2 rings (SSSR count). The van der Waals surface area contributed by atoms with E-state index in [1.54, 1.807) is 6.07 Å². The Labute approximate surface area is 135 Å². The minimum absolute atomic E-state index is 0.0859. The molecule has 1 N–H and O–H groups in total. The average Bonchev–Trinajstić information content (AvgIpc) is 2.53. The lowest BCUT2D eigenvalue weighted by Crippen LogP contribution is -2.28. The molecule has 0 aliphatic rings. The van der Waals surface area contributed by atoms with Crippen LogP contribution in [-0.2, 0) is 0 Å². The monoisotopic (exact) mass is 312 g/mol. The number of nitrogens with one attached hydrogen (secondary N) is 1. The maximum Gasteiger partial charge on any atom is 0.270 e. The summed E-state index contributed by atoms with van der Waals surface area (Å²) in [5.41, 5.74) is 3.57. The van der Waals surface area contributed by atoms with Crippen LogP contribution in [0.5, 0.6) is 0 Å². The fraction of sp³-hybridized carbons (Fsp3) is 0.278. The van der Waals surface area contributed by atoms with Crippen LogP contribution in [0.4, 0.5) is 5.69 Å². The van der Waals surface area contributed by atoms with Crippen molar-refractivity contribution in [1.82, 2.24) is 5.32 Å². The van der Waals surface area contributed by atoms with Crippen LogP contribution in [0.15, 0.2) is 42.5 Å². The topological polar surface area (TPSA) is 72.2 Å². The Bertz CT molecular complexity index is 741. The first-order valence-corrected chi connectivity index (χ1v) is 7.54. The summed E-state index contributed by atoms with van der Waals surface area (Å²) in [6, 6.07) is 11.8. The van der Waals surface area contributed by atoms with Gasteiger partial charge in [0, 0.05) is 17.7 Å². The van der Waals surface area contributed by atoms with E-state index in [1.807, 2.05) is 32.9 Å². The Morgan fingerprint density at radius 2 is 1.96 bits per heavy atom. The molecule has 2 aromatic carbocycles. The maximum atomic E-state index is 12.4. The van der Waals surface area contributed by atoms with Crippen LogP contribution >= 0.6 is 0 Å². The molecule has 1 unspecified atom stereocenters. The number of nitro groups is 1. The van der Waals surface area contributed by atoms with Crippen molar-refractivity contribution < 1.29 is 9.72 Å². The first-order valence-electron chi connectivity index (χ1n) is 7.54. The van der Waals surface area contributed by atoms with Crippen LogP contribution in [0.25, 0.3) is 0 Å². The molecule has 120 valence electrons. The summed E-state index contributed by atoms with van der Waals surface area (Å²) in [5.74, 6) is -0.305. The lowest BCUT2D eigenvalue weighted by molar-refractivity contribution is -0.384. The Hall–Kier alpha value is -2.69. The smallest absolute Gasteiger partial charge is 0.270 e. The van der Waals surface area contributed by atoms with E-state index in [2.05, 4.69) is 11.4 Å². The zero-order valence-electron chi connectivity index (χ0n) is 13.5. The van der Waals surface area contributed by atoms with Gasteiger partial charge >= 0.3 is 0 Å². The molecule has 0 heterocycles. The predicted octanol–water partition coefficient (Wildman–Crippen LogP) is 4.09. The minimum atomic E-state index is -0.502. The molecule has 0 aliphatic carbocycles. The van der Waals surface area contributed by atoms with Gasteiger partial charge in [0.05, 0.1) is 11.0 Å². The molecule has 1 atom stereocenters. The molecule has 0 spiro atoms. The van der Waals surface area contributed by atoms with E-state index < -0.39 is 4.92 Å². The fourth-order valence-corrected chi connectivity index (χ4v) is 2.62. The van der Waals surface area contributed by atoms with Gasteiger partial charge in [0.1, 0.15) is 0 Å². The highest BCUT2D eigenvalue weighted by atomic mass is 16.6. The second-order valence-corrected chi connectivity index (χ2v) is 5.60. The number of hydrogen-bond donors (Lipinski definition) is 1. The van der Waals surface area contributed by atoms with Gasteiger partial charge in [0.25, 0.3) is 11.6 Å². The second-order valence-electron chi connectivity index (χ2n) is 5.60. The van der Waals surface area contributed by atoms with E-state index in [1.165, 1.54) is 23.8 Å². The van der Waals surface area contributed by atoms with Crippen molar-refractivity contribution in [3.63, 3.8) is 0 Å². The standard InChI is InChI=1S/C18H20N2O3/c1-4-17(16-9-8-12(2)10-13(16)3)19-18(21)14-6-5-7-15(11-14)20(22)23/h5-11,17H,4H2,1-3H3,(H,19,21). The Morgan fingerprint density at radius 3 is 2.57 bits per heavy atom. The molecular formula is C18H20N2O3. The molecule has 0 saturated carbocycles. The van der Waals surface area contributed by atoms with Gasteiger partial charge < -0.3 is 5.32 Å². The number of aryl methyl sites for hydroxylation is 2. The average molecular weight is 312 g/mol. The van der Waals surface area contributed by atoms with Crippen molar-refractivity contribution in [1.29, 1.82) is 0 Å². The summed E-state index contributed by atoms with van der Waals surface area (Å²) in [5, 5.41) is 13.8. The number of non-ortho nitro benzene ring substituents is 1. The molecule has 0 bridgehead atoms. The van der Waals surface area contributed by atoms with E-state index in [0.29, 0.717) is 5.56 Å². The predicted molar refractivity (Wildman–Crippen MR) is 89.5 cm³/mol. The van der Waals surface area contributed by atoms with Crippen molar-refractivity contribution in [3.05, 3.63) is 74.8 Å². The fourth-order valence-electron chi connectivity index (χ4n) is 2.62. The Kier molecular flexibility index (Phi) is 5.11. The maximum absolute atomic E-state index is 12.4. The molecular weight excluding hydrogens is 292 g/mol. The third kappa shape index (κ3) is 3.94. The summed E-state index contributed by atoms with van der Waals surface area (Å²) in [6.07, 6.45) is 0.741. The number of benzene rings is 2. The first kappa shape index (κ1) is 16.7. The molecule has 2 aromatic rings. The number of carbonyl (C=O) groups is 1. The number of hydrogen-bond acceptors (Lipinski definition) is 3. The quantitative estimate of drug-likeness (QED) is 0.667. The summed E-state index contributed by atoms with van der Waals surface area (Å²) in [6.45, 7) is 6.04. The van der Waals surface area contributed by atoms with E-state index in [4.69, 9.17) is 0 Å². The minimum Gasteiger partial charge on any atom is -0.345 e. The first-order chi connectivity index (χ1) is 10.9. The van der Waals surface area contributed by atoms with Gasteiger partial charge in [-0.25, -0.2) is 0 Å². The van der Waals surface area contributed by atoms with Crippen LogP contribution in [0.1, 0.15) is 46.4 Å². The summed E-state index contributed by atoms with van der Waals surface area (Å²) >= 11 is 0.